The first-order valence-corrected chi connectivity index (χ1v) is 10.4. The molecule has 0 radical (unpaired) electrons. The third-order valence-electron chi connectivity index (χ3n) is 5.00. The summed E-state index contributed by atoms with van der Waals surface area (Å²) >= 11 is 5.10. The zero-order valence-corrected chi connectivity index (χ0v) is 18.3. The number of halogens is 1. The summed E-state index contributed by atoms with van der Waals surface area (Å²) in [4.78, 5) is 37.5. The molecule has 34 heavy (non-hydrogen) atoms. The molecule has 3 aromatic carbocycles. The van der Waals surface area contributed by atoms with Crippen molar-refractivity contribution in [2.45, 2.75) is 6.61 Å². The van der Waals surface area contributed by atoms with Gasteiger partial charge in [0, 0.05) is 5.56 Å². The molecule has 0 spiro atoms. The van der Waals surface area contributed by atoms with Gasteiger partial charge in [-0.15, -0.1) is 0 Å². The van der Waals surface area contributed by atoms with Gasteiger partial charge in [0.05, 0.1) is 11.7 Å². The number of thiocarbonyl (C=S) groups is 1. The molecule has 0 unspecified atom stereocenters. The SMILES string of the molecule is O=C1NC(=S)N(c2ccccc2F)C(=O)/C1=C\c1ccccc1OCc1ccc(C(=O)[O-])cc1. The number of aromatic carboxylic acids is 1. The normalized spacial score (nSPS) is 14.8. The Morgan fingerprint density at radius 2 is 1.71 bits per heavy atom. The van der Waals surface area contributed by atoms with Gasteiger partial charge in [-0.2, -0.15) is 0 Å². The first-order valence-electron chi connectivity index (χ1n) is 10.0. The fourth-order valence-corrected chi connectivity index (χ4v) is 3.57. The fraction of sp³-hybridized carbons (Fsp3) is 0.0400. The Balaban J connectivity index is 1.61. The number of anilines is 1. The zero-order valence-electron chi connectivity index (χ0n) is 17.5. The lowest BCUT2D eigenvalue weighted by molar-refractivity contribution is -0.255. The van der Waals surface area contributed by atoms with Crippen LogP contribution in [0.5, 0.6) is 5.75 Å². The van der Waals surface area contributed by atoms with E-state index in [0.29, 0.717) is 16.9 Å². The number of carboxylic acid groups (broad SMARTS) is 1. The average molecular weight is 475 g/mol. The van der Waals surface area contributed by atoms with Crippen molar-refractivity contribution < 1.29 is 28.6 Å². The van der Waals surface area contributed by atoms with Crippen LogP contribution in [-0.2, 0) is 16.2 Å². The lowest BCUT2D eigenvalue weighted by Crippen LogP contribution is -2.54. The van der Waals surface area contributed by atoms with Crippen LogP contribution in [0.15, 0.2) is 78.4 Å². The van der Waals surface area contributed by atoms with E-state index in [0.717, 1.165) is 4.90 Å². The maximum atomic E-state index is 14.3. The molecule has 0 aliphatic carbocycles. The Morgan fingerprint density at radius 1 is 1.03 bits per heavy atom. The maximum Gasteiger partial charge on any atom is 0.270 e. The standard InChI is InChI=1S/C25H17FN2O5S/c26-19-6-2-3-7-20(19)28-23(30)18(22(29)27-25(28)34)13-17-5-1-4-8-21(17)33-14-15-9-11-16(12-10-15)24(31)32/h1-13H,14H2,(H,31,32)(H,27,29,34)/p-1/b18-13-. The van der Waals surface area contributed by atoms with Gasteiger partial charge in [0.25, 0.3) is 11.8 Å². The van der Waals surface area contributed by atoms with Gasteiger partial charge in [0.2, 0.25) is 0 Å². The van der Waals surface area contributed by atoms with E-state index < -0.39 is 23.6 Å². The Morgan fingerprint density at radius 3 is 2.41 bits per heavy atom. The Bertz CT molecular complexity index is 1340. The number of nitrogens with zero attached hydrogens (tertiary/aromatic N) is 1. The number of carboxylic acids is 1. The summed E-state index contributed by atoms with van der Waals surface area (Å²) in [7, 11) is 0. The second-order valence-corrected chi connectivity index (χ2v) is 7.61. The molecule has 1 heterocycles. The molecule has 1 aliphatic rings. The predicted molar refractivity (Wildman–Crippen MR) is 124 cm³/mol. The molecule has 0 saturated carbocycles. The van der Waals surface area contributed by atoms with Crippen LogP contribution >= 0.6 is 12.2 Å². The van der Waals surface area contributed by atoms with Crippen molar-refractivity contribution in [2.24, 2.45) is 0 Å². The Hall–Kier alpha value is -4.37. The molecular weight excluding hydrogens is 459 g/mol. The molecule has 4 rings (SSSR count). The molecule has 3 aromatic rings. The van der Waals surface area contributed by atoms with Gasteiger partial charge in [0.1, 0.15) is 23.7 Å². The van der Waals surface area contributed by atoms with Crippen LogP contribution in [0.3, 0.4) is 0 Å². The highest BCUT2D eigenvalue weighted by atomic mass is 32.1. The van der Waals surface area contributed by atoms with Crippen molar-refractivity contribution >= 4 is 46.9 Å². The highest BCUT2D eigenvalue weighted by Gasteiger charge is 2.35. The number of carbonyl (C=O) groups excluding carboxylic acids is 3. The van der Waals surface area contributed by atoms with Crippen molar-refractivity contribution in [3.8, 4) is 5.75 Å². The van der Waals surface area contributed by atoms with Gasteiger partial charge in [0.15, 0.2) is 5.11 Å². The molecule has 9 heteroatoms. The van der Waals surface area contributed by atoms with Gasteiger partial charge in [-0.3, -0.25) is 14.9 Å². The second kappa shape index (κ2) is 9.63. The number of ether oxygens (including phenoxy) is 1. The van der Waals surface area contributed by atoms with Crippen LogP contribution in [0, 0.1) is 5.82 Å². The first kappa shape index (κ1) is 22.8. The third-order valence-corrected chi connectivity index (χ3v) is 5.28. The Labute approximate surface area is 199 Å². The number of para-hydroxylation sites is 2. The number of carbonyl (C=O) groups is 3. The predicted octanol–water partition coefficient (Wildman–Crippen LogP) is 2.60. The van der Waals surface area contributed by atoms with Crippen molar-refractivity contribution in [1.82, 2.24) is 5.32 Å². The number of hydrogen-bond donors (Lipinski definition) is 1. The summed E-state index contributed by atoms with van der Waals surface area (Å²) in [6.45, 7) is 0.110. The number of rotatable bonds is 6. The van der Waals surface area contributed by atoms with E-state index in [9.17, 15) is 23.9 Å². The zero-order chi connectivity index (χ0) is 24.2. The van der Waals surface area contributed by atoms with Crippen molar-refractivity contribution in [1.29, 1.82) is 0 Å². The van der Waals surface area contributed by atoms with Gasteiger partial charge in [-0.05, 0) is 47.6 Å². The number of amides is 2. The van der Waals surface area contributed by atoms with Crippen LogP contribution in [0.4, 0.5) is 10.1 Å². The summed E-state index contributed by atoms with van der Waals surface area (Å²) in [6.07, 6.45) is 1.35. The topological polar surface area (TPSA) is 98.8 Å². The molecule has 1 saturated heterocycles. The number of benzene rings is 3. The molecule has 0 atom stereocenters. The molecule has 0 aromatic heterocycles. The average Bonchev–Trinajstić information content (AvgIpc) is 2.82. The van der Waals surface area contributed by atoms with E-state index in [4.69, 9.17) is 17.0 Å². The molecule has 0 bridgehead atoms. The minimum atomic E-state index is -1.27. The quantitative estimate of drug-likeness (QED) is 0.334. The van der Waals surface area contributed by atoms with E-state index in [-0.39, 0.29) is 28.5 Å². The number of nitrogens with one attached hydrogen (secondary N) is 1. The van der Waals surface area contributed by atoms with Gasteiger partial charge in [-0.1, -0.05) is 54.6 Å². The highest BCUT2D eigenvalue weighted by Crippen LogP contribution is 2.27. The van der Waals surface area contributed by atoms with E-state index in [1.54, 1.807) is 42.5 Å². The van der Waals surface area contributed by atoms with E-state index in [1.165, 1.54) is 36.4 Å². The van der Waals surface area contributed by atoms with E-state index >= 15 is 0 Å². The maximum absolute atomic E-state index is 14.3. The summed E-state index contributed by atoms with van der Waals surface area (Å²) in [5.74, 6) is -3.04. The largest absolute Gasteiger partial charge is 0.545 e. The minimum absolute atomic E-state index is 0.0491. The lowest BCUT2D eigenvalue weighted by atomic mass is 10.1. The lowest BCUT2D eigenvalue weighted by Gasteiger charge is -2.29. The first-order chi connectivity index (χ1) is 16.3. The second-order valence-electron chi connectivity index (χ2n) is 7.22. The van der Waals surface area contributed by atoms with Crippen LogP contribution < -0.4 is 20.1 Å². The van der Waals surface area contributed by atoms with Gasteiger partial charge < -0.3 is 14.6 Å². The summed E-state index contributed by atoms with van der Waals surface area (Å²) in [5, 5.41) is 13.1. The monoisotopic (exact) mass is 475 g/mol. The van der Waals surface area contributed by atoms with Crippen molar-refractivity contribution in [3.63, 3.8) is 0 Å². The molecular formula is C25H16FN2O5S-. The molecule has 1 fully saturated rings. The van der Waals surface area contributed by atoms with E-state index in [1.807, 2.05) is 0 Å². The minimum Gasteiger partial charge on any atom is -0.545 e. The smallest absolute Gasteiger partial charge is 0.270 e. The van der Waals surface area contributed by atoms with E-state index in [2.05, 4.69) is 5.32 Å². The molecule has 7 nitrogen and oxygen atoms in total. The molecule has 1 N–H and O–H groups in total. The van der Waals surface area contributed by atoms with Crippen LogP contribution in [0.25, 0.3) is 6.08 Å². The third kappa shape index (κ3) is 4.69. The van der Waals surface area contributed by atoms with Crippen LogP contribution in [0.1, 0.15) is 21.5 Å². The van der Waals surface area contributed by atoms with Gasteiger partial charge in [-0.25, -0.2) is 9.29 Å². The fourth-order valence-electron chi connectivity index (χ4n) is 3.29. The summed E-state index contributed by atoms with van der Waals surface area (Å²) < 4.78 is 20.2. The van der Waals surface area contributed by atoms with Crippen molar-refractivity contribution in [3.05, 3.63) is 101 Å². The van der Waals surface area contributed by atoms with Crippen LogP contribution in [0.2, 0.25) is 0 Å². The highest BCUT2D eigenvalue weighted by molar-refractivity contribution is 7.80. The number of hydrogen-bond acceptors (Lipinski definition) is 6. The van der Waals surface area contributed by atoms with Gasteiger partial charge >= 0.3 is 0 Å². The molecule has 2 amide bonds. The van der Waals surface area contributed by atoms with Crippen molar-refractivity contribution in [2.75, 3.05) is 4.90 Å². The molecule has 170 valence electrons. The summed E-state index contributed by atoms with van der Waals surface area (Å²) in [6, 6.07) is 18.4. The Kier molecular flexibility index (Phi) is 6.46. The molecule has 1 aliphatic heterocycles. The summed E-state index contributed by atoms with van der Waals surface area (Å²) in [5.41, 5.74) is 0.871. The van der Waals surface area contributed by atoms with Crippen LogP contribution in [-0.4, -0.2) is 22.9 Å².